The van der Waals surface area contributed by atoms with Gasteiger partial charge < -0.3 is 10.6 Å². The fourth-order valence-corrected chi connectivity index (χ4v) is 2.41. The molecule has 0 amide bonds. The van der Waals surface area contributed by atoms with Crippen LogP contribution < -0.4 is 5.73 Å². The molecule has 1 fully saturated rings. The zero-order chi connectivity index (χ0) is 11.5. The molecule has 2 atom stereocenters. The maximum atomic E-state index is 5.75. The summed E-state index contributed by atoms with van der Waals surface area (Å²) in [7, 11) is 0. The number of hydrogen-bond acceptors (Lipinski definition) is 2. The van der Waals surface area contributed by atoms with E-state index in [1.54, 1.807) is 0 Å². The van der Waals surface area contributed by atoms with Gasteiger partial charge in [0.15, 0.2) is 0 Å². The van der Waals surface area contributed by atoms with Crippen LogP contribution in [0.3, 0.4) is 0 Å². The number of rotatable bonds is 3. The van der Waals surface area contributed by atoms with Crippen molar-refractivity contribution in [1.82, 2.24) is 4.90 Å². The average molecular weight is 212 g/mol. The summed E-state index contributed by atoms with van der Waals surface area (Å²) >= 11 is 0. The van der Waals surface area contributed by atoms with Gasteiger partial charge in [-0.1, -0.05) is 20.8 Å². The van der Waals surface area contributed by atoms with Crippen molar-refractivity contribution < 1.29 is 0 Å². The predicted molar refractivity (Wildman–Crippen MR) is 66.9 cm³/mol. The van der Waals surface area contributed by atoms with E-state index in [2.05, 4.69) is 32.6 Å². The highest BCUT2D eigenvalue weighted by Gasteiger charge is 2.26. The van der Waals surface area contributed by atoms with Crippen LogP contribution in [0, 0.1) is 11.3 Å². The Bertz CT molecular complexity index is 189. The lowest BCUT2D eigenvalue weighted by molar-refractivity contribution is 0.164. The summed E-state index contributed by atoms with van der Waals surface area (Å²) in [5.41, 5.74) is 6.29. The summed E-state index contributed by atoms with van der Waals surface area (Å²) in [4.78, 5) is 2.63. The molecular formula is C13H28N2. The van der Waals surface area contributed by atoms with Gasteiger partial charge in [-0.3, -0.25) is 0 Å². The lowest BCUT2D eigenvalue weighted by Crippen LogP contribution is -2.41. The van der Waals surface area contributed by atoms with Crippen molar-refractivity contribution in [2.75, 3.05) is 19.6 Å². The summed E-state index contributed by atoms with van der Waals surface area (Å²) in [6.45, 7) is 12.7. The van der Waals surface area contributed by atoms with Crippen molar-refractivity contribution in [2.24, 2.45) is 17.1 Å². The van der Waals surface area contributed by atoms with Crippen molar-refractivity contribution in [1.29, 1.82) is 0 Å². The number of likely N-dealkylation sites (tertiary alicyclic amines) is 1. The van der Waals surface area contributed by atoms with E-state index in [4.69, 9.17) is 5.73 Å². The van der Waals surface area contributed by atoms with E-state index in [-0.39, 0.29) is 0 Å². The third-order valence-electron chi connectivity index (χ3n) is 4.15. The van der Waals surface area contributed by atoms with E-state index in [0.717, 1.165) is 6.54 Å². The molecule has 0 saturated carbocycles. The first-order chi connectivity index (χ1) is 6.96. The van der Waals surface area contributed by atoms with Gasteiger partial charge in [0.1, 0.15) is 0 Å². The maximum Gasteiger partial charge on any atom is 0.0105 e. The summed E-state index contributed by atoms with van der Waals surface area (Å²) in [5, 5.41) is 0. The molecule has 0 aliphatic carbocycles. The second-order valence-electron chi connectivity index (χ2n) is 6.01. The molecule has 0 spiro atoms. The van der Waals surface area contributed by atoms with Crippen molar-refractivity contribution in [2.45, 2.75) is 53.0 Å². The summed E-state index contributed by atoms with van der Waals surface area (Å²) in [5.74, 6) is 0.617. The minimum atomic E-state index is 0.542. The van der Waals surface area contributed by atoms with Gasteiger partial charge >= 0.3 is 0 Å². The van der Waals surface area contributed by atoms with Crippen molar-refractivity contribution >= 4 is 0 Å². The molecule has 0 aromatic rings. The van der Waals surface area contributed by atoms with E-state index in [9.17, 15) is 0 Å². The fourth-order valence-electron chi connectivity index (χ4n) is 2.41. The highest BCUT2D eigenvalue weighted by Crippen LogP contribution is 2.30. The first-order valence-corrected chi connectivity index (χ1v) is 6.40. The molecule has 1 rings (SSSR count). The van der Waals surface area contributed by atoms with E-state index >= 15 is 0 Å². The van der Waals surface area contributed by atoms with Gasteiger partial charge in [-0.25, -0.2) is 0 Å². The van der Waals surface area contributed by atoms with E-state index in [1.807, 2.05) is 0 Å². The molecule has 0 aromatic carbocycles. The van der Waals surface area contributed by atoms with Gasteiger partial charge in [0.05, 0.1) is 0 Å². The van der Waals surface area contributed by atoms with Crippen LogP contribution in [0.1, 0.15) is 47.0 Å². The Hall–Kier alpha value is -0.0800. The van der Waals surface area contributed by atoms with Gasteiger partial charge in [-0.2, -0.15) is 0 Å². The van der Waals surface area contributed by atoms with E-state index < -0.39 is 0 Å². The van der Waals surface area contributed by atoms with E-state index in [1.165, 1.54) is 32.4 Å². The predicted octanol–water partition coefficient (Wildman–Crippen LogP) is 2.48. The third kappa shape index (κ3) is 3.76. The van der Waals surface area contributed by atoms with Crippen LogP contribution in [-0.2, 0) is 0 Å². The lowest BCUT2D eigenvalue weighted by atomic mass is 9.85. The molecule has 2 unspecified atom stereocenters. The number of nitrogens with two attached hydrogens (primary N) is 1. The van der Waals surface area contributed by atoms with Crippen molar-refractivity contribution in [3.63, 3.8) is 0 Å². The summed E-state index contributed by atoms with van der Waals surface area (Å²) in [6.07, 6.45) is 4.04. The van der Waals surface area contributed by atoms with Gasteiger partial charge in [0, 0.05) is 6.04 Å². The zero-order valence-electron chi connectivity index (χ0n) is 10.9. The van der Waals surface area contributed by atoms with Gasteiger partial charge in [0.2, 0.25) is 0 Å². The van der Waals surface area contributed by atoms with Crippen LogP contribution in [0.5, 0.6) is 0 Å². The quantitative estimate of drug-likeness (QED) is 0.779. The highest BCUT2D eigenvalue weighted by atomic mass is 15.2. The molecule has 15 heavy (non-hydrogen) atoms. The largest absolute Gasteiger partial charge is 0.330 e. The third-order valence-corrected chi connectivity index (χ3v) is 4.15. The standard InChI is InChI=1S/C13H28N2/c1-11(10-14)12(2)15-8-5-6-13(3,4)7-9-15/h11-12H,5-10,14H2,1-4H3. The molecule has 0 radical (unpaired) electrons. The number of nitrogens with zero attached hydrogens (tertiary/aromatic N) is 1. The monoisotopic (exact) mass is 212 g/mol. The Morgan fingerprint density at radius 3 is 2.47 bits per heavy atom. The minimum Gasteiger partial charge on any atom is -0.330 e. The molecule has 2 heteroatoms. The van der Waals surface area contributed by atoms with Gasteiger partial charge in [-0.15, -0.1) is 0 Å². The van der Waals surface area contributed by atoms with Crippen LogP contribution in [0.4, 0.5) is 0 Å². The SMILES string of the molecule is CC(CN)C(C)N1CCCC(C)(C)CC1. The van der Waals surface area contributed by atoms with Gasteiger partial charge in [-0.05, 0) is 57.2 Å². The molecule has 1 aliphatic rings. The second kappa shape index (κ2) is 5.31. The normalized spacial score (nSPS) is 27.0. The zero-order valence-corrected chi connectivity index (χ0v) is 10.9. The first kappa shape index (κ1) is 13.0. The lowest BCUT2D eigenvalue weighted by Gasteiger charge is -2.32. The topological polar surface area (TPSA) is 29.3 Å². The minimum absolute atomic E-state index is 0.542. The molecule has 2 nitrogen and oxygen atoms in total. The Morgan fingerprint density at radius 2 is 1.87 bits per heavy atom. The molecule has 90 valence electrons. The maximum absolute atomic E-state index is 5.75. The van der Waals surface area contributed by atoms with Crippen LogP contribution in [0.2, 0.25) is 0 Å². The molecule has 1 aliphatic heterocycles. The van der Waals surface area contributed by atoms with Crippen LogP contribution in [-0.4, -0.2) is 30.6 Å². The second-order valence-corrected chi connectivity index (χ2v) is 6.01. The molecule has 1 saturated heterocycles. The molecular weight excluding hydrogens is 184 g/mol. The Balaban J connectivity index is 2.50. The average Bonchev–Trinajstić information content (AvgIpc) is 2.37. The summed E-state index contributed by atoms with van der Waals surface area (Å²) in [6, 6.07) is 0.642. The Labute approximate surface area is 95.2 Å². The van der Waals surface area contributed by atoms with Crippen LogP contribution >= 0.6 is 0 Å². The van der Waals surface area contributed by atoms with E-state index in [0.29, 0.717) is 17.4 Å². The Morgan fingerprint density at radius 1 is 1.20 bits per heavy atom. The molecule has 0 bridgehead atoms. The Kier molecular flexibility index (Phi) is 4.60. The molecule has 2 N–H and O–H groups in total. The van der Waals surface area contributed by atoms with Crippen molar-refractivity contribution in [3.8, 4) is 0 Å². The fraction of sp³-hybridized carbons (Fsp3) is 1.00. The first-order valence-electron chi connectivity index (χ1n) is 6.40. The number of hydrogen-bond donors (Lipinski definition) is 1. The van der Waals surface area contributed by atoms with Crippen LogP contribution in [0.25, 0.3) is 0 Å². The highest BCUT2D eigenvalue weighted by molar-refractivity contribution is 4.80. The smallest absolute Gasteiger partial charge is 0.0105 e. The van der Waals surface area contributed by atoms with Crippen molar-refractivity contribution in [3.05, 3.63) is 0 Å². The summed E-state index contributed by atoms with van der Waals surface area (Å²) < 4.78 is 0. The molecule has 1 heterocycles. The van der Waals surface area contributed by atoms with Crippen LogP contribution in [0.15, 0.2) is 0 Å². The van der Waals surface area contributed by atoms with Gasteiger partial charge in [0.25, 0.3) is 0 Å². The molecule has 0 aromatic heterocycles.